The van der Waals surface area contributed by atoms with E-state index in [0.29, 0.717) is 5.11 Å². The molecule has 0 aromatic heterocycles. The van der Waals surface area contributed by atoms with Crippen molar-refractivity contribution in [2.75, 3.05) is 37.7 Å². The lowest BCUT2D eigenvalue weighted by Gasteiger charge is -2.28. The minimum Gasteiger partial charge on any atom is -0.378 e. The molecule has 23 heavy (non-hydrogen) atoms. The van der Waals surface area contributed by atoms with E-state index in [4.69, 9.17) is 17.0 Å². The molecule has 0 radical (unpaired) electrons. The molecule has 0 amide bonds. The van der Waals surface area contributed by atoms with Crippen LogP contribution in [0.25, 0.3) is 0 Å². The van der Waals surface area contributed by atoms with Gasteiger partial charge in [-0.25, -0.2) is 0 Å². The van der Waals surface area contributed by atoms with E-state index in [1.807, 2.05) is 0 Å². The summed E-state index contributed by atoms with van der Waals surface area (Å²) >= 11 is 5.17. The number of nitrogens with zero attached hydrogens (tertiary/aromatic N) is 2. The van der Waals surface area contributed by atoms with Gasteiger partial charge in [-0.1, -0.05) is 31.9 Å². The number of benzene rings is 1. The van der Waals surface area contributed by atoms with Crippen molar-refractivity contribution in [1.29, 1.82) is 0 Å². The summed E-state index contributed by atoms with van der Waals surface area (Å²) in [5.41, 5.74) is 5.12. The van der Waals surface area contributed by atoms with Crippen LogP contribution in [0, 0.1) is 0 Å². The number of thiocarbonyl (C=S) groups is 1. The van der Waals surface area contributed by atoms with Gasteiger partial charge in [0.15, 0.2) is 5.11 Å². The Kier molecular flexibility index (Phi) is 7.83. The fourth-order valence-electron chi connectivity index (χ4n) is 2.37. The van der Waals surface area contributed by atoms with Gasteiger partial charge in [0.2, 0.25) is 0 Å². The predicted molar refractivity (Wildman–Crippen MR) is 100 cm³/mol. The molecule has 126 valence electrons. The van der Waals surface area contributed by atoms with Crippen molar-refractivity contribution in [3.05, 3.63) is 29.8 Å². The molecule has 1 aromatic carbocycles. The molecular weight excluding hydrogens is 308 g/mol. The zero-order valence-corrected chi connectivity index (χ0v) is 14.6. The Morgan fingerprint density at radius 3 is 2.70 bits per heavy atom. The first-order valence-electron chi connectivity index (χ1n) is 8.29. The minimum absolute atomic E-state index is 0.572. The Balaban J connectivity index is 1.73. The number of hydrogen-bond donors (Lipinski definition) is 2. The van der Waals surface area contributed by atoms with Gasteiger partial charge in [0.25, 0.3) is 0 Å². The predicted octanol–water partition coefficient (Wildman–Crippen LogP) is 2.51. The van der Waals surface area contributed by atoms with Crippen LogP contribution in [-0.4, -0.2) is 44.2 Å². The summed E-state index contributed by atoms with van der Waals surface area (Å²) in [5, 5.41) is 7.89. The maximum absolute atomic E-state index is 5.37. The van der Waals surface area contributed by atoms with E-state index in [2.05, 4.69) is 51.9 Å². The van der Waals surface area contributed by atoms with Gasteiger partial charge in [-0.05, 0) is 36.3 Å². The van der Waals surface area contributed by atoms with E-state index in [9.17, 15) is 0 Å². The van der Waals surface area contributed by atoms with E-state index in [1.165, 1.54) is 18.5 Å². The number of anilines is 1. The molecule has 0 unspecified atom stereocenters. The first-order valence-corrected chi connectivity index (χ1v) is 8.70. The van der Waals surface area contributed by atoms with Gasteiger partial charge in [0.05, 0.1) is 19.4 Å². The number of rotatable bonds is 7. The third-order valence-electron chi connectivity index (χ3n) is 3.71. The van der Waals surface area contributed by atoms with Crippen LogP contribution in [-0.2, 0) is 4.74 Å². The summed E-state index contributed by atoms with van der Waals surface area (Å²) in [7, 11) is 0. The molecule has 0 atom stereocenters. The molecule has 0 aliphatic carbocycles. The highest BCUT2D eigenvalue weighted by atomic mass is 32.1. The summed E-state index contributed by atoms with van der Waals surface area (Å²) in [6.45, 7) is 6.58. The lowest BCUT2D eigenvalue weighted by Crippen LogP contribution is -2.36. The van der Waals surface area contributed by atoms with Gasteiger partial charge in [-0.3, -0.25) is 5.43 Å². The lowest BCUT2D eigenvalue weighted by molar-refractivity contribution is 0.122. The largest absolute Gasteiger partial charge is 0.378 e. The standard InChI is InChI=1S/C17H26N4OS/c1-2-3-4-9-18-17(23)20-19-14-15-5-7-16(8-6-15)21-10-12-22-13-11-21/h5-8,14H,2-4,9-13H2,1H3,(H2,18,20,23)/b19-14-. The number of nitrogens with one attached hydrogen (secondary N) is 2. The van der Waals surface area contributed by atoms with E-state index in [-0.39, 0.29) is 0 Å². The topological polar surface area (TPSA) is 48.9 Å². The Bertz CT molecular complexity index is 498. The molecule has 1 fully saturated rings. The molecule has 2 rings (SSSR count). The Labute approximate surface area is 144 Å². The Morgan fingerprint density at radius 2 is 2.00 bits per heavy atom. The van der Waals surface area contributed by atoms with Crippen LogP contribution in [0.4, 0.5) is 5.69 Å². The summed E-state index contributed by atoms with van der Waals surface area (Å²) in [4.78, 5) is 2.33. The molecular formula is C17H26N4OS. The SMILES string of the molecule is CCCCCNC(=S)N/N=C\c1ccc(N2CCOCC2)cc1. The van der Waals surface area contributed by atoms with E-state index < -0.39 is 0 Å². The second kappa shape index (κ2) is 10.2. The number of unbranched alkanes of at least 4 members (excludes halogenated alkanes) is 2. The van der Waals surface area contributed by atoms with Crippen molar-refractivity contribution in [3.8, 4) is 0 Å². The van der Waals surface area contributed by atoms with Crippen molar-refractivity contribution >= 4 is 29.2 Å². The summed E-state index contributed by atoms with van der Waals surface area (Å²) < 4.78 is 5.37. The van der Waals surface area contributed by atoms with Crippen LogP contribution in [0.15, 0.2) is 29.4 Å². The highest BCUT2D eigenvalue weighted by Gasteiger charge is 2.10. The van der Waals surface area contributed by atoms with Crippen LogP contribution in [0.3, 0.4) is 0 Å². The zero-order valence-electron chi connectivity index (χ0n) is 13.8. The molecule has 6 heteroatoms. The van der Waals surface area contributed by atoms with Crippen LogP contribution < -0.4 is 15.6 Å². The van der Waals surface area contributed by atoms with Crippen LogP contribution >= 0.6 is 12.2 Å². The molecule has 0 saturated carbocycles. The van der Waals surface area contributed by atoms with Crippen LogP contribution in [0.2, 0.25) is 0 Å². The maximum Gasteiger partial charge on any atom is 0.186 e. The van der Waals surface area contributed by atoms with Crippen molar-refractivity contribution < 1.29 is 4.74 Å². The average molecular weight is 334 g/mol. The zero-order chi connectivity index (χ0) is 16.3. The third-order valence-corrected chi connectivity index (χ3v) is 3.95. The fraction of sp³-hybridized carbons (Fsp3) is 0.529. The minimum atomic E-state index is 0.572. The molecule has 2 N–H and O–H groups in total. The first-order chi connectivity index (χ1) is 11.3. The van der Waals surface area contributed by atoms with Crippen LogP contribution in [0.5, 0.6) is 0 Å². The highest BCUT2D eigenvalue weighted by molar-refractivity contribution is 7.80. The number of hydrazone groups is 1. The molecule has 1 aliphatic rings. The van der Waals surface area contributed by atoms with Gasteiger partial charge in [0.1, 0.15) is 0 Å². The van der Waals surface area contributed by atoms with Gasteiger partial charge in [-0.2, -0.15) is 5.10 Å². The van der Waals surface area contributed by atoms with Crippen LogP contribution in [0.1, 0.15) is 31.7 Å². The molecule has 1 saturated heterocycles. The second-order valence-electron chi connectivity index (χ2n) is 5.52. The summed E-state index contributed by atoms with van der Waals surface area (Å²) in [5.74, 6) is 0. The van der Waals surface area contributed by atoms with Crippen molar-refractivity contribution in [2.45, 2.75) is 26.2 Å². The monoisotopic (exact) mass is 334 g/mol. The van der Waals surface area contributed by atoms with Gasteiger partial charge in [-0.15, -0.1) is 0 Å². The Hall–Kier alpha value is -1.66. The smallest absolute Gasteiger partial charge is 0.186 e. The molecule has 0 bridgehead atoms. The maximum atomic E-state index is 5.37. The van der Waals surface area contributed by atoms with Crippen molar-refractivity contribution in [1.82, 2.24) is 10.7 Å². The normalized spacial score (nSPS) is 14.9. The van der Waals surface area contributed by atoms with E-state index in [1.54, 1.807) is 6.21 Å². The lowest BCUT2D eigenvalue weighted by atomic mass is 10.2. The fourth-order valence-corrected chi connectivity index (χ4v) is 2.53. The molecule has 1 heterocycles. The average Bonchev–Trinajstić information content (AvgIpc) is 2.60. The first kappa shape index (κ1) is 17.7. The summed E-state index contributed by atoms with van der Waals surface area (Å²) in [6, 6.07) is 8.36. The second-order valence-corrected chi connectivity index (χ2v) is 5.93. The van der Waals surface area contributed by atoms with E-state index in [0.717, 1.165) is 44.8 Å². The van der Waals surface area contributed by atoms with Gasteiger partial charge in [0, 0.05) is 25.3 Å². The number of hydrogen-bond acceptors (Lipinski definition) is 4. The summed E-state index contributed by atoms with van der Waals surface area (Å²) in [6.07, 6.45) is 5.34. The molecule has 1 aromatic rings. The molecule has 5 nitrogen and oxygen atoms in total. The quantitative estimate of drug-likeness (QED) is 0.347. The highest BCUT2D eigenvalue weighted by Crippen LogP contribution is 2.15. The molecule has 0 spiro atoms. The van der Waals surface area contributed by atoms with Crippen molar-refractivity contribution in [3.63, 3.8) is 0 Å². The number of ether oxygens (including phenoxy) is 1. The third kappa shape index (κ3) is 6.54. The number of morpholine rings is 1. The van der Waals surface area contributed by atoms with Crippen molar-refractivity contribution in [2.24, 2.45) is 5.10 Å². The Morgan fingerprint density at radius 1 is 1.26 bits per heavy atom. The van der Waals surface area contributed by atoms with E-state index >= 15 is 0 Å². The molecule has 1 aliphatic heterocycles. The van der Waals surface area contributed by atoms with Gasteiger partial charge >= 0.3 is 0 Å². The van der Waals surface area contributed by atoms with Gasteiger partial charge < -0.3 is 15.0 Å².